The lowest BCUT2D eigenvalue weighted by Gasteiger charge is -2.33. The highest BCUT2D eigenvalue weighted by molar-refractivity contribution is 5.85. The average Bonchev–Trinajstić information content (AvgIpc) is 2.58. The van der Waals surface area contributed by atoms with Gasteiger partial charge in [0.25, 0.3) is 0 Å². The van der Waals surface area contributed by atoms with Gasteiger partial charge in [-0.05, 0) is 58.8 Å². The summed E-state index contributed by atoms with van der Waals surface area (Å²) in [4.78, 5) is 17.2. The van der Waals surface area contributed by atoms with E-state index >= 15 is 0 Å². The van der Waals surface area contributed by atoms with Gasteiger partial charge in [-0.1, -0.05) is 30.3 Å². The van der Waals surface area contributed by atoms with Crippen LogP contribution in [-0.4, -0.2) is 62.0 Å². The quantitative estimate of drug-likeness (QED) is 0.767. The van der Waals surface area contributed by atoms with Gasteiger partial charge in [0, 0.05) is 31.6 Å². The summed E-state index contributed by atoms with van der Waals surface area (Å²) in [5.41, 5.74) is 1.35. The molecule has 0 spiro atoms. The van der Waals surface area contributed by atoms with Crippen molar-refractivity contribution < 1.29 is 4.79 Å². The fraction of sp³-hybridized carbons (Fsp3) is 0.650. The average molecular weight is 368 g/mol. The van der Waals surface area contributed by atoms with E-state index in [1.165, 1.54) is 5.56 Å². The van der Waals surface area contributed by atoms with Gasteiger partial charge in [-0.2, -0.15) is 0 Å². The molecule has 1 aliphatic heterocycles. The van der Waals surface area contributed by atoms with E-state index in [1.807, 2.05) is 0 Å². The Morgan fingerprint density at radius 3 is 2.52 bits per heavy atom. The van der Waals surface area contributed by atoms with Gasteiger partial charge in [0.2, 0.25) is 5.91 Å². The molecule has 1 aromatic carbocycles. The number of likely N-dealkylation sites (N-methyl/N-ethyl adjacent to an activating group) is 1. The highest BCUT2D eigenvalue weighted by atomic mass is 35.5. The zero-order valence-electron chi connectivity index (χ0n) is 15.9. The molecular weight excluding hydrogens is 334 g/mol. The largest absolute Gasteiger partial charge is 0.341 e. The second-order valence-electron chi connectivity index (χ2n) is 7.29. The van der Waals surface area contributed by atoms with Crippen LogP contribution in [0.15, 0.2) is 30.3 Å². The molecule has 0 aromatic heterocycles. The van der Waals surface area contributed by atoms with Crippen molar-refractivity contribution in [3.8, 4) is 0 Å². The van der Waals surface area contributed by atoms with Gasteiger partial charge in [0.1, 0.15) is 0 Å². The second kappa shape index (κ2) is 11.5. The first-order valence-corrected chi connectivity index (χ1v) is 9.27. The summed E-state index contributed by atoms with van der Waals surface area (Å²) in [5.74, 6) is 0.554. The third-order valence-electron chi connectivity index (χ3n) is 4.84. The summed E-state index contributed by atoms with van der Waals surface area (Å²) in [6, 6.07) is 11.0. The number of nitrogens with one attached hydrogen (secondary N) is 1. The number of benzene rings is 1. The van der Waals surface area contributed by atoms with Crippen molar-refractivity contribution in [1.29, 1.82) is 0 Å². The number of aryl methyl sites for hydroxylation is 1. The van der Waals surface area contributed by atoms with E-state index in [2.05, 4.69) is 66.5 Å². The molecule has 1 amide bonds. The summed E-state index contributed by atoms with van der Waals surface area (Å²) < 4.78 is 0. The topological polar surface area (TPSA) is 35.6 Å². The van der Waals surface area contributed by atoms with Gasteiger partial charge in [-0.15, -0.1) is 12.4 Å². The van der Waals surface area contributed by atoms with Crippen LogP contribution in [0.4, 0.5) is 0 Å². The number of hydrogen-bond donors (Lipinski definition) is 1. The zero-order chi connectivity index (χ0) is 17.4. The molecule has 1 N–H and O–H groups in total. The van der Waals surface area contributed by atoms with Crippen molar-refractivity contribution in [3.05, 3.63) is 35.9 Å². The minimum absolute atomic E-state index is 0. The van der Waals surface area contributed by atoms with Gasteiger partial charge in [0.15, 0.2) is 0 Å². The van der Waals surface area contributed by atoms with Crippen molar-refractivity contribution in [2.45, 2.75) is 38.6 Å². The molecule has 0 aliphatic carbocycles. The normalized spacial score (nSPS) is 20.2. The van der Waals surface area contributed by atoms with Crippen molar-refractivity contribution in [2.24, 2.45) is 5.92 Å². The monoisotopic (exact) mass is 367 g/mol. The SMILES string of the molecule is C[C@H]1C[C@@H](C(=O)N(CCCc2ccccc2)CCN(C)C)CCN1.Cl. The van der Waals surface area contributed by atoms with E-state index in [1.54, 1.807) is 0 Å². The highest BCUT2D eigenvalue weighted by Gasteiger charge is 2.28. The summed E-state index contributed by atoms with van der Waals surface area (Å²) in [6.07, 6.45) is 4.01. The Kier molecular flexibility index (Phi) is 10.1. The van der Waals surface area contributed by atoms with E-state index in [0.29, 0.717) is 11.9 Å². The fourth-order valence-electron chi connectivity index (χ4n) is 3.39. The van der Waals surface area contributed by atoms with E-state index in [9.17, 15) is 4.79 Å². The van der Waals surface area contributed by atoms with E-state index in [4.69, 9.17) is 0 Å². The molecule has 2 rings (SSSR count). The molecule has 1 aromatic rings. The molecule has 2 atom stereocenters. The lowest BCUT2D eigenvalue weighted by Crippen LogP contribution is -2.46. The molecule has 1 heterocycles. The van der Waals surface area contributed by atoms with Gasteiger partial charge in [-0.3, -0.25) is 4.79 Å². The van der Waals surface area contributed by atoms with Crippen LogP contribution in [-0.2, 0) is 11.2 Å². The molecule has 142 valence electrons. The van der Waals surface area contributed by atoms with E-state index in [0.717, 1.165) is 51.9 Å². The van der Waals surface area contributed by atoms with Gasteiger partial charge < -0.3 is 15.1 Å². The third kappa shape index (κ3) is 7.76. The highest BCUT2D eigenvalue weighted by Crippen LogP contribution is 2.19. The fourth-order valence-corrected chi connectivity index (χ4v) is 3.39. The standard InChI is InChI=1S/C20H33N3O.ClH/c1-17-16-19(11-12-21-17)20(24)23(15-14-22(2)3)13-7-10-18-8-5-4-6-9-18;/h4-6,8-9,17,19,21H,7,10-16H2,1-3H3;1H/t17-,19-;/m0./s1. The smallest absolute Gasteiger partial charge is 0.225 e. The van der Waals surface area contributed by atoms with Crippen molar-refractivity contribution in [1.82, 2.24) is 15.1 Å². The van der Waals surface area contributed by atoms with E-state index in [-0.39, 0.29) is 18.3 Å². The summed E-state index contributed by atoms with van der Waals surface area (Å²) in [7, 11) is 4.14. The Labute approximate surface area is 159 Å². The van der Waals surface area contributed by atoms with Gasteiger partial charge in [0.05, 0.1) is 0 Å². The third-order valence-corrected chi connectivity index (χ3v) is 4.84. The number of amides is 1. The predicted molar refractivity (Wildman–Crippen MR) is 107 cm³/mol. The summed E-state index contributed by atoms with van der Waals surface area (Å²) in [5, 5.41) is 3.44. The molecule has 25 heavy (non-hydrogen) atoms. The lowest BCUT2D eigenvalue weighted by molar-refractivity contribution is -0.137. The minimum Gasteiger partial charge on any atom is -0.341 e. The van der Waals surface area contributed by atoms with E-state index < -0.39 is 0 Å². The van der Waals surface area contributed by atoms with Crippen LogP contribution in [0.2, 0.25) is 0 Å². The zero-order valence-corrected chi connectivity index (χ0v) is 16.7. The number of rotatable bonds is 8. The minimum atomic E-state index is 0. The van der Waals surface area contributed by atoms with Gasteiger partial charge >= 0.3 is 0 Å². The van der Waals surface area contributed by atoms with Crippen LogP contribution >= 0.6 is 12.4 Å². The Hall–Kier alpha value is -1.10. The molecule has 1 saturated heterocycles. The van der Waals surface area contributed by atoms with Crippen LogP contribution in [0.25, 0.3) is 0 Å². The molecule has 0 saturated carbocycles. The molecule has 0 radical (unpaired) electrons. The van der Waals surface area contributed by atoms with Crippen LogP contribution in [0.3, 0.4) is 0 Å². The molecule has 0 unspecified atom stereocenters. The Bertz CT molecular complexity index is 495. The maximum absolute atomic E-state index is 13.0. The number of piperidine rings is 1. The molecule has 4 nitrogen and oxygen atoms in total. The maximum Gasteiger partial charge on any atom is 0.225 e. The van der Waals surface area contributed by atoms with Crippen LogP contribution in [0, 0.1) is 5.92 Å². The summed E-state index contributed by atoms with van der Waals surface area (Å²) >= 11 is 0. The number of halogens is 1. The molecule has 0 bridgehead atoms. The second-order valence-corrected chi connectivity index (χ2v) is 7.29. The van der Waals surface area contributed by atoms with Crippen LogP contribution < -0.4 is 5.32 Å². The first-order chi connectivity index (χ1) is 11.6. The van der Waals surface area contributed by atoms with Crippen LogP contribution in [0.1, 0.15) is 31.7 Å². The van der Waals surface area contributed by atoms with Gasteiger partial charge in [-0.25, -0.2) is 0 Å². The molecular formula is C20H34ClN3O. The summed E-state index contributed by atoms with van der Waals surface area (Å²) in [6.45, 7) is 5.76. The van der Waals surface area contributed by atoms with Crippen molar-refractivity contribution in [2.75, 3.05) is 40.3 Å². The predicted octanol–water partition coefficient (Wildman–Crippen LogP) is 2.82. The Morgan fingerprint density at radius 2 is 1.88 bits per heavy atom. The molecule has 5 heteroatoms. The molecule has 1 aliphatic rings. The van der Waals surface area contributed by atoms with Crippen molar-refractivity contribution in [3.63, 3.8) is 0 Å². The first kappa shape index (κ1) is 21.9. The lowest BCUT2D eigenvalue weighted by atomic mass is 9.92. The number of nitrogens with zero attached hydrogens (tertiary/aromatic N) is 2. The van der Waals surface area contributed by atoms with Crippen LogP contribution in [0.5, 0.6) is 0 Å². The first-order valence-electron chi connectivity index (χ1n) is 9.27. The number of hydrogen-bond acceptors (Lipinski definition) is 3. The number of carbonyl (C=O) groups excluding carboxylic acids is 1. The maximum atomic E-state index is 13.0. The Morgan fingerprint density at radius 1 is 1.16 bits per heavy atom. The van der Waals surface area contributed by atoms with Crippen molar-refractivity contribution >= 4 is 18.3 Å². The Balaban J connectivity index is 0.00000312. The molecule has 1 fully saturated rings. The number of carbonyl (C=O) groups is 1.